The molecule has 0 aromatic heterocycles. The average Bonchev–Trinajstić information content (AvgIpc) is 2.96. The van der Waals surface area contributed by atoms with Gasteiger partial charge in [-0.3, -0.25) is 0 Å². The number of carbonyl (C=O) groups excluding carboxylic acids is 2. The quantitative estimate of drug-likeness (QED) is 0.130. The Labute approximate surface area is 225 Å². The Morgan fingerprint density at radius 3 is 1.44 bits per heavy atom. The second-order valence-corrected chi connectivity index (χ2v) is 8.08. The van der Waals surface area contributed by atoms with E-state index in [-0.39, 0.29) is 19.2 Å². The first-order valence-electron chi connectivity index (χ1n) is 12.0. The van der Waals surface area contributed by atoms with Gasteiger partial charge in [-0.2, -0.15) is 0 Å². The molecule has 0 unspecified atom stereocenters. The van der Waals surface area contributed by atoms with Gasteiger partial charge in [0.2, 0.25) is 0 Å². The van der Waals surface area contributed by atoms with Gasteiger partial charge in [0, 0.05) is 6.61 Å². The van der Waals surface area contributed by atoms with E-state index in [2.05, 4.69) is 4.84 Å². The molecule has 39 heavy (non-hydrogen) atoms. The van der Waals surface area contributed by atoms with E-state index in [0.29, 0.717) is 35.5 Å². The van der Waals surface area contributed by atoms with Crippen LogP contribution in [0.15, 0.2) is 109 Å². The summed E-state index contributed by atoms with van der Waals surface area (Å²) < 4.78 is 10.5. The largest absolute Gasteiger partial charge is 0.423 e. The summed E-state index contributed by atoms with van der Waals surface area (Å²) in [5.41, 5.74) is 2.87. The normalized spacial score (nSPS) is 9.97. The summed E-state index contributed by atoms with van der Waals surface area (Å²) in [6.45, 7) is 0.110. The van der Waals surface area contributed by atoms with Gasteiger partial charge in [-0.1, -0.05) is 60.7 Å². The first-order valence-corrected chi connectivity index (χ1v) is 12.0. The first-order chi connectivity index (χ1) is 18.9. The summed E-state index contributed by atoms with van der Waals surface area (Å²) in [6, 6.07) is 31.4. The standard InChI is InChI=1S/C15H13NO5.C15H14O3/c17-15(13-4-2-1-3-5-13)21-14-8-6-12(7-9-14)10-11-20-16(18)19;16-11-10-12-6-8-14(9-7-12)18-15(17)13-4-2-1-3-5-13/h1-9H,10-11H2;1-9,16H,10-11H2. The minimum absolute atomic E-state index is 0.00382. The van der Waals surface area contributed by atoms with Crippen molar-refractivity contribution in [3.05, 3.63) is 142 Å². The number of aliphatic hydroxyl groups excluding tert-OH is 1. The molecule has 9 nitrogen and oxygen atoms in total. The molecule has 0 amide bonds. The third-order valence-corrected chi connectivity index (χ3v) is 5.27. The van der Waals surface area contributed by atoms with E-state index in [1.54, 1.807) is 84.9 Å². The monoisotopic (exact) mass is 529 g/mol. The van der Waals surface area contributed by atoms with Gasteiger partial charge in [-0.25, -0.2) is 9.59 Å². The fourth-order valence-corrected chi connectivity index (χ4v) is 3.30. The molecule has 0 bridgehead atoms. The Kier molecular flexibility index (Phi) is 11.2. The van der Waals surface area contributed by atoms with E-state index < -0.39 is 11.1 Å². The Morgan fingerprint density at radius 1 is 0.641 bits per heavy atom. The van der Waals surface area contributed by atoms with E-state index in [9.17, 15) is 19.7 Å². The van der Waals surface area contributed by atoms with Gasteiger partial charge >= 0.3 is 11.9 Å². The Morgan fingerprint density at radius 2 is 1.05 bits per heavy atom. The smallest absolute Gasteiger partial charge is 0.343 e. The highest BCUT2D eigenvalue weighted by Crippen LogP contribution is 2.16. The number of carbonyl (C=O) groups is 2. The summed E-state index contributed by atoms with van der Waals surface area (Å²) in [5, 5.41) is 18.0. The Hall–Kier alpha value is -5.02. The van der Waals surface area contributed by atoms with Crippen LogP contribution in [0.5, 0.6) is 11.5 Å². The molecule has 0 saturated heterocycles. The zero-order valence-electron chi connectivity index (χ0n) is 21.0. The Bertz CT molecular complexity index is 1330. The molecule has 0 radical (unpaired) electrons. The summed E-state index contributed by atoms with van der Waals surface area (Å²) in [7, 11) is 0. The molecule has 1 N–H and O–H groups in total. The summed E-state index contributed by atoms with van der Waals surface area (Å²) in [5.74, 6) is 0.124. The van der Waals surface area contributed by atoms with Crippen LogP contribution in [0.1, 0.15) is 31.8 Å². The van der Waals surface area contributed by atoms with E-state index in [0.717, 1.165) is 11.1 Å². The van der Waals surface area contributed by atoms with Crippen LogP contribution in [-0.2, 0) is 17.7 Å². The molecule has 9 heteroatoms. The number of nitrogens with zero attached hydrogens (tertiary/aromatic N) is 1. The average molecular weight is 530 g/mol. The molecule has 0 aliphatic heterocycles. The highest BCUT2D eigenvalue weighted by Gasteiger charge is 2.08. The maximum absolute atomic E-state index is 11.8. The van der Waals surface area contributed by atoms with Crippen molar-refractivity contribution in [2.75, 3.05) is 13.2 Å². The van der Waals surface area contributed by atoms with Gasteiger partial charge in [0.1, 0.15) is 18.1 Å². The number of benzene rings is 4. The molecular formula is C30H27NO8. The van der Waals surface area contributed by atoms with E-state index in [1.807, 2.05) is 24.3 Å². The highest BCUT2D eigenvalue weighted by molar-refractivity contribution is 5.91. The summed E-state index contributed by atoms with van der Waals surface area (Å²) in [4.78, 5) is 37.9. The van der Waals surface area contributed by atoms with Crippen LogP contribution in [0.4, 0.5) is 0 Å². The molecule has 4 aromatic rings. The lowest BCUT2D eigenvalue weighted by Gasteiger charge is -2.05. The maximum atomic E-state index is 11.8. The molecule has 4 aromatic carbocycles. The number of hydrogen-bond donors (Lipinski definition) is 1. The second kappa shape index (κ2) is 15.3. The van der Waals surface area contributed by atoms with Crippen LogP contribution in [0.3, 0.4) is 0 Å². The van der Waals surface area contributed by atoms with Crippen LogP contribution < -0.4 is 9.47 Å². The maximum Gasteiger partial charge on any atom is 0.343 e. The van der Waals surface area contributed by atoms with Crippen molar-refractivity contribution in [2.45, 2.75) is 12.8 Å². The minimum Gasteiger partial charge on any atom is -0.423 e. The predicted octanol–water partition coefficient (Wildman–Crippen LogP) is 5.10. The zero-order valence-corrected chi connectivity index (χ0v) is 21.0. The molecule has 0 heterocycles. The SMILES string of the molecule is O=C(Oc1ccc(CCO)cc1)c1ccccc1.O=C(Oc1ccc(CCO[N+](=O)[O-])cc1)c1ccccc1. The van der Waals surface area contributed by atoms with Crippen LogP contribution in [0, 0.1) is 10.1 Å². The fraction of sp³-hybridized carbons (Fsp3) is 0.133. The topological polar surface area (TPSA) is 125 Å². The lowest BCUT2D eigenvalue weighted by Crippen LogP contribution is -2.08. The highest BCUT2D eigenvalue weighted by atomic mass is 16.9. The molecule has 0 atom stereocenters. The minimum atomic E-state index is -0.823. The molecule has 0 saturated carbocycles. The van der Waals surface area contributed by atoms with E-state index >= 15 is 0 Å². The van der Waals surface area contributed by atoms with Crippen molar-refractivity contribution in [3.63, 3.8) is 0 Å². The van der Waals surface area contributed by atoms with E-state index in [4.69, 9.17) is 14.6 Å². The van der Waals surface area contributed by atoms with E-state index in [1.165, 1.54) is 0 Å². The number of aliphatic hydroxyl groups is 1. The number of hydrogen-bond acceptors (Lipinski definition) is 8. The summed E-state index contributed by atoms with van der Waals surface area (Å²) in [6.07, 6.45) is 1.01. The fourth-order valence-electron chi connectivity index (χ4n) is 3.30. The van der Waals surface area contributed by atoms with Crippen molar-refractivity contribution >= 4 is 11.9 Å². The van der Waals surface area contributed by atoms with Gasteiger partial charge < -0.3 is 19.4 Å². The van der Waals surface area contributed by atoms with Gasteiger partial charge in [0.15, 0.2) is 0 Å². The van der Waals surface area contributed by atoms with Crippen molar-refractivity contribution in [1.82, 2.24) is 0 Å². The lowest BCUT2D eigenvalue weighted by molar-refractivity contribution is -0.757. The molecule has 0 fully saturated rings. The zero-order chi connectivity index (χ0) is 27.9. The van der Waals surface area contributed by atoms with Crippen molar-refractivity contribution < 1.29 is 34.1 Å². The van der Waals surface area contributed by atoms with Crippen LogP contribution in [0.2, 0.25) is 0 Å². The van der Waals surface area contributed by atoms with Gasteiger partial charge in [0.25, 0.3) is 5.09 Å². The third-order valence-electron chi connectivity index (χ3n) is 5.27. The summed E-state index contributed by atoms with van der Waals surface area (Å²) >= 11 is 0. The van der Waals surface area contributed by atoms with Crippen LogP contribution in [0.25, 0.3) is 0 Å². The number of rotatable bonds is 10. The molecule has 4 rings (SSSR count). The van der Waals surface area contributed by atoms with Crippen LogP contribution >= 0.6 is 0 Å². The van der Waals surface area contributed by atoms with Crippen molar-refractivity contribution in [3.8, 4) is 11.5 Å². The second-order valence-electron chi connectivity index (χ2n) is 8.08. The van der Waals surface area contributed by atoms with Gasteiger partial charge in [-0.15, -0.1) is 10.1 Å². The van der Waals surface area contributed by atoms with Crippen molar-refractivity contribution in [2.24, 2.45) is 0 Å². The Balaban J connectivity index is 0.000000218. The van der Waals surface area contributed by atoms with Gasteiger partial charge in [0.05, 0.1) is 11.1 Å². The third kappa shape index (κ3) is 10.1. The molecular weight excluding hydrogens is 502 g/mol. The molecule has 0 spiro atoms. The molecule has 200 valence electrons. The number of ether oxygens (including phenoxy) is 2. The van der Waals surface area contributed by atoms with Gasteiger partial charge in [-0.05, 0) is 72.5 Å². The lowest BCUT2D eigenvalue weighted by atomic mass is 10.1. The van der Waals surface area contributed by atoms with Crippen LogP contribution in [-0.4, -0.2) is 35.3 Å². The molecule has 0 aliphatic carbocycles. The number of esters is 2. The first kappa shape index (κ1) is 28.5. The molecule has 0 aliphatic rings. The predicted molar refractivity (Wildman–Crippen MR) is 143 cm³/mol. The van der Waals surface area contributed by atoms with Crippen molar-refractivity contribution in [1.29, 1.82) is 0 Å².